The fourth-order valence-electron chi connectivity index (χ4n) is 1.69. The van der Waals surface area contributed by atoms with Crippen molar-refractivity contribution in [3.8, 4) is 0 Å². The molecule has 16 heavy (non-hydrogen) atoms. The van der Waals surface area contributed by atoms with Gasteiger partial charge in [-0.1, -0.05) is 0 Å². The van der Waals surface area contributed by atoms with E-state index in [2.05, 4.69) is 4.90 Å². The lowest BCUT2D eigenvalue weighted by atomic mass is 10.2. The Morgan fingerprint density at radius 1 is 1.44 bits per heavy atom. The summed E-state index contributed by atoms with van der Waals surface area (Å²) in [7, 11) is 0. The van der Waals surface area contributed by atoms with Crippen molar-refractivity contribution in [3.05, 3.63) is 0 Å². The number of esters is 1. The lowest BCUT2D eigenvalue weighted by Crippen LogP contribution is -2.51. The summed E-state index contributed by atoms with van der Waals surface area (Å²) in [5.41, 5.74) is 0. The lowest BCUT2D eigenvalue weighted by Gasteiger charge is -2.33. The summed E-state index contributed by atoms with van der Waals surface area (Å²) in [6.45, 7) is 8.13. The largest absolute Gasteiger partial charge is 0.465 e. The van der Waals surface area contributed by atoms with Crippen LogP contribution in [-0.4, -0.2) is 63.0 Å². The van der Waals surface area contributed by atoms with Gasteiger partial charge >= 0.3 is 5.97 Å². The Bertz CT molecular complexity index is 210. The topological polar surface area (TPSA) is 48.0 Å². The molecule has 1 rings (SSSR count). The van der Waals surface area contributed by atoms with Gasteiger partial charge in [0.15, 0.2) is 0 Å². The molecule has 1 atom stereocenters. The Labute approximate surface area is 96.6 Å². The van der Waals surface area contributed by atoms with E-state index in [1.165, 1.54) is 0 Å². The summed E-state index contributed by atoms with van der Waals surface area (Å²) in [5.74, 6) is -0.196. The number of morpholine rings is 1. The summed E-state index contributed by atoms with van der Waals surface area (Å²) in [6, 6.07) is -0.269. The van der Waals surface area contributed by atoms with Crippen molar-refractivity contribution in [3.63, 3.8) is 0 Å². The Balaban J connectivity index is 2.40. The molecule has 0 aromatic carbocycles. The molecule has 5 nitrogen and oxygen atoms in total. The Hall–Kier alpha value is -0.650. The van der Waals surface area contributed by atoms with Crippen LogP contribution >= 0.6 is 0 Å². The number of hydrogen-bond acceptors (Lipinski definition) is 5. The fourth-order valence-corrected chi connectivity index (χ4v) is 1.69. The zero-order valence-corrected chi connectivity index (χ0v) is 10.1. The standard InChI is InChI=1S/C11H21NO4/c1-3-14-7-5-12-6-8-15-9-10(12)11(13)16-4-2/h10H,3-9H2,1-2H3. The number of nitrogens with zero attached hydrogens (tertiary/aromatic N) is 1. The second kappa shape index (κ2) is 7.60. The molecule has 0 amide bonds. The lowest BCUT2D eigenvalue weighted by molar-refractivity contribution is -0.156. The summed E-state index contributed by atoms with van der Waals surface area (Å²) in [4.78, 5) is 13.7. The molecular weight excluding hydrogens is 210 g/mol. The van der Waals surface area contributed by atoms with Gasteiger partial charge < -0.3 is 14.2 Å². The van der Waals surface area contributed by atoms with Gasteiger partial charge in [-0.3, -0.25) is 9.69 Å². The van der Waals surface area contributed by atoms with E-state index >= 15 is 0 Å². The van der Waals surface area contributed by atoms with Crippen molar-refractivity contribution >= 4 is 5.97 Å². The maximum atomic E-state index is 11.7. The molecular formula is C11H21NO4. The van der Waals surface area contributed by atoms with E-state index in [1.54, 1.807) is 0 Å². The molecule has 0 saturated carbocycles. The first-order chi connectivity index (χ1) is 7.79. The van der Waals surface area contributed by atoms with Gasteiger partial charge in [-0.25, -0.2) is 0 Å². The third-order valence-electron chi connectivity index (χ3n) is 2.52. The van der Waals surface area contributed by atoms with Crippen LogP contribution in [0.4, 0.5) is 0 Å². The van der Waals surface area contributed by atoms with E-state index in [1.807, 2.05) is 13.8 Å². The third-order valence-corrected chi connectivity index (χ3v) is 2.52. The molecule has 0 N–H and O–H groups in total. The van der Waals surface area contributed by atoms with Gasteiger partial charge in [0.25, 0.3) is 0 Å². The average Bonchev–Trinajstić information content (AvgIpc) is 2.30. The second-order valence-electron chi connectivity index (χ2n) is 3.58. The second-order valence-corrected chi connectivity index (χ2v) is 3.58. The predicted octanol–water partition coefficient (Wildman–Crippen LogP) is 0.287. The fraction of sp³-hybridized carbons (Fsp3) is 0.909. The van der Waals surface area contributed by atoms with Gasteiger partial charge in [-0.2, -0.15) is 0 Å². The number of rotatable bonds is 6. The number of hydrogen-bond donors (Lipinski definition) is 0. The zero-order chi connectivity index (χ0) is 11.8. The minimum Gasteiger partial charge on any atom is -0.465 e. The highest BCUT2D eigenvalue weighted by Crippen LogP contribution is 2.08. The Morgan fingerprint density at radius 3 is 2.94 bits per heavy atom. The first kappa shape index (κ1) is 13.4. The van der Waals surface area contributed by atoms with Gasteiger partial charge in [0.1, 0.15) is 6.04 Å². The van der Waals surface area contributed by atoms with Gasteiger partial charge in [-0.15, -0.1) is 0 Å². The zero-order valence-electron chi connectivity index (χ0n) is 10.1. The Morgan fingerprint density at radius 2 is 2.25 bits per heavy atom. The molecule has 0 spiro atoms. The van der Waals surface area contributed by atoms with Crippen molar-refractivity contribution in [1.82, 2.24) is 4.90 Å². The van der Waals surface area contributed by atoms with Crippen LogP contribution in [0.5, 0.6) is 0 Å². The molecule has 1 unspecified atom stereocenters. The first-order valence-electron chi connectivity index (χ1n) is 5.85. The van der Waals surface area contributed by atoms with Crippen LogP contribution in [0.25, 0.3) is 0 Å². The Kier molecular flexibility index (Phi) is 6.37. The highest BCUT2D eigenvalue weighted by Gasteiger charge is 2.30. The minimum atomic E-state index is -0.269. The van der Waals surface area contributed by atoms with Crippen molar-refractivity contribution in [1.29, 1.82) is 0 Å². The highest BCUT2D eigenvalue weighted by molar-refractivity contribution is 5.76. The van der Waals surface area contributed by atoms with Crippen LogP contribution in [0.15, 0.2) is 0 Å². The monoisotopic (exact) mass is 231 g/mol. The van der Waals surface area contributed by atoms with E-state index in [9.17, 15) is 4.79 Å². The van der Waals surface area contributed by atoms with Gasteiger partial charge in [0.05, 0.1) is 26.4 Å². The van der Waals surface area contributed by atoms with Crippen LogP contribution in [0.3, 0.4) is 0 Å². The molecule has 0 aliphatic carbocycles. The highest BCUT2D eigenvalue weighted by atomic mass is 16.5. The average molecular weight is 231 g/mol. The van der Waals surface area contributed by atoms with Crippen LogP contribution in [0.2, 0.25) is 0 Å². The minimum absolute atomic E-state index is 0.196. The first-order valence-corrected chi connectivity index (χ1v) is 5.85. The van der Waals surface area contributed by atoms with Crippen molar-refractivity contribution < 1.29 is 19.0 Å². The molecule has 1 saturated heterocycles. The third kappa shape index (κ3) is 4.08. The molecule has 0 aromatic heterocycles. The summed E-state index contributed by atoms with van der Waals surface area (Å²) in [5, 5.41) is 0. The number of ether oxygens (including phenoxy) is 3. The molecule has 1 aliphatic rings. The maximum Gasteiger partial charge on any atom is 0.325 e. The molecule has 0 radical (unpaired) electrons. The molecule has 5 heteroatoms. The smallest absolute Gasteiger partial charge is 0.325 e. The van der Waals surface area contributed by atoms with Crippen LogP contribution < -0.4 is 0 Å². The SMILES string of the molecule is CCOCCN1CCOCC1C(=O)OCC. The maximum absolute atomic E-state index is 11.7. The van der Waals surface area contributed by atoms with E-state index in [-0.39, 0.29) is 12.0 Å². The van der Waals surface area contributed by atoms with E-state index in [0.717, 1.165) is 13.1 Å². The van der Waals surface area contributed by atoms with E-state index in [4.69, 9.17) is 14.2 Å². The quantitative estimate of drug-likeness (QED) is 0.485. The number of carbonyl (C=O) groups is 1. The molecule has 1 aliphatic heterocycles. The van der Waals surface area contributed by atoms with Crippen LogP contribution in [-0.2, 0) is 19.0 Å². The summed E-state index contributed by atoms with van der Waals surface area (Å²) >= 11 is 0. The van der Waals surface area contributed by atoms with Crippen LogP contribution in [0, 0.1) is 0 Å². The predicted molar refractivity (Wildman–Crippen MR) is 59.3 cm³/mol. The van der Waals surface area contributed by atoms with Gasteiger partial charge in [0, 0.05) is 19.7 Å². The normalized spacial score (nSPS) is 22.0. The molecule has 0 aromatic rings. The van der Waals surface area contributed by atoms with Crippen molar-refractivity contribution in [2.75, 3.05) is 46.1 Å². The molecule has 1 heterocycles. The molecule has 1 fully saturated rings. The van der Waals surface area contributed by atoms with Crippen LogP contribution in [0.1, 0.15) is 13.8 Å². The summed E-state index contributed by atoms with van der Waals surface area (Å²) < 4.78 is 15.6. The van der Waals surface area contributed by atoms with E-state index in [0.29, 0.717) is 33.0 Å². The van der Waals surface area contributed by atoms with E-state index < -0.39 is 0 Å². The molecule has 0 bridgehead atoms. The molecule has 94 valence electrons. The van der Waals surface area contributed by atoms with Gasteiger partial charge in [-0.05, 0) is 13.8 Å². The number of carbonyl (C=O) groups excluding carboxylic acids is 1. The van der Waals surface area contributed by atoms with Crippen molar-refractivity contribution in [2.45, 2.75) is 19.9 Å². The summed E-state index contributed by atoms with van der Waals surface area (Å²) in [6.07, 6.45) is 0. The van der Waals surface area contributed by atoms with Gasteiger partial charge in [0.2, 0.25) is 0 Å². The van der Waals surface area contributed by atoms with Crippen molar-refractivity contribution in [2.24, 2.45) is 0 Å².